The van der Waals surface area contributed by atoms with Crippen LogP contribution in [0.1, 0.15) is 0 Å². The lowest BCUT2D eigenvalue weighted by molar-refractivity contribution is -0.387. The SMILES string of the molecule is O=[N+]([O-])c1cc(F)ccc1Sc1nnnn1-c1ccc(Cl)cc1. The van der Waals surface area contributed by atoms with Gasteiger partial charge in [0.25, 0.3) is 5.69 Å². The summed E-state index contributed by atoms with van der Waals surface area (Å²) in [4.78, 5) is 10.6. The molecule has 0 N–H and O–H groups in total. The standard InChI is InChI=1S/C13H7ClFN5O2S/c14-8-1-4-10(5-2-8)19-13(16-17-18-19)23-12-6-3-9(15)7-11(12)20(21)22/h1-7H. The number of halogens is 2. The van der Waals surface area contributed by atoms with Crippen LogP contribution in [-0.2, 0) is 0 Å². The first kappa shape index (κ1) is 15.4. The molecule has 3 aromatic rings. The predicted molar refractivity (Wildman–Crippen MR) is 81.3 cm³/mol. The molecule has 10 heteroatoms. The van der Waals surface area contributed by atoms with Crippen molar-refractivity contribution in [3.05, 3.63) is 63.4 Å². The maximum atomic E-state index is 13.2. The summed E-state index contributed by atoms with van der Waals surface area (Å²) in [5, 5.41) is 23.2. The molecule has 0 aliphatic heterocycles. The average Bonchev–Trinajstić information content (AvgIpc) is 2.98. The fourth-order valence-electron chi connectivity index (χ4n) is 1.80. The zero-order valence-corrected chi connectivity index (χ0v) is 12.8. The molecule has 0 spiro atoms. The van der Waals surface area contributed by atoms with Crippen molar-refractivity contribution in [2.75, 3.05) is 0 Å². The molecule has 0 amide bonds. The summed E-state index contributed by atoms with van der Waals surface area (Å²) in [6, 6.07) is 10.1. The van der Waals surface area contributed by atoms with E-state index in [2.05, 4.69) is 15.5 Å². The average molecular weight is 352 g/mol. The fraction of sp³-hybridized carbons (Fsp3) is 0. The second-order valence-corrected chi connectivity index (χ2v) is 5.77. The Morgan fingerprint density at radius 3 is 2.65 bits per heavy atom. The molecule has 1 heterocycles. The number of aromatic nitrogens is 4. The summed E-state index contributed by atoms with van der Waals surface area (Å²) >= 11 is 6.81. The topological polar surface area (TPSA) is 86.7 Å². The molecule has 0 aliphatic carbocycles. The Balaban J connectivity index is 1.98. The van der Waals surface area contributed by atoms with Gasteiger partial charge in [0.05, 0.1) is 21.6 Å². The molecular formula is C13H7ClFN5O2S. The number of hydrogen-bond donors (Lipinski definition) is 0. The van der Waals surface area contributed by atoms with E-state index in [1.807, 2.05) is 0 Å². The van der Waals surface area contributed by atoms with Crippen LogP contribution in [0.5, 0.6) is 0 Å². The number of hydrogen-bond acceptors (Lipinski definition) is 6. The fourth-order valence-corrected chi connectivity index (χ4v) is 2.81. The Morgan fingerprint density at radius 1 is 1.22 bits per heavy atom. The number of rotatable bonds is 4. The molecule has 7 nitrogen and oxygen atoms in total. The van der Waals surface area contributed by atoms with Gasteiger partial charge in [-0.15, -0.1) is 5.10 Å². The van der Waals surface area contributed by atoms with Crippen molar-refractivity contribution < 1.29 is 9.31 Å². The molecule has 0 bridgehead atoms. The second kappa shape index (κ2) is 6.31. The summed E-state index contributed by atoms with van der Waals surface area (Å²) in [6.07, 6.45) is 0. The summed E-state index contributed by atoms with van der Waals surface area (Å²) in [7, 11) is 0. The number of tetrazole rings is 1. The molecule has 0 atom stereocenters. The first-order chi connectivity index (χ1) is 11.0. The maximum Gasteiger partial charge on any atom is 0.286 e. The third-order valence-corrected chi connectivity index (χ3v) is 4.09. The predicted octanol–water partition coefficient (Wildman–Crippen LogP) is 3.51. The van der Waals surface area contributed by atoms with Gasteiger partial charge in [-0.05, 0) is 58.6 Å². The van der Waals surface area contributed by atoms with Crippen molar-refractivity contribution in [3.8, 4) is 5.69 Å². The van der Waals surface area contributed by atoms with E-state index in [-0.39, 0.29) is 10.6 Å². The lowest BCUT2D eigenvalue weighted by atomic mass is 10.3. The molecule has 0 radical (unpaired) electrons. The molecule has 1 aromatic heterocycles. The van der Waals surface area contributed by atoms with Crippen molar-refractivity contribution in [1.82, 2.24) is 20.2 Å². The highest BCUT2D eigenvalue weighted by Crippen LogP contribution is 2.34. The van der Waals surface area contributed by atoms with Crippen molar-refractivity contribution in [3.63, 3.8) is 0 Å². The van der Waals surface area contributed by atoms with Gasteiger partial charge in [0.2, 0.25) is 5.16 Å². The summed E-state index contributed by atoms with van der Waals surface area (Å²) < 4.78 is 14.6. The molecule has 2 aromatic carbocycles. The summed E-state index contributed by atoms with van der Waals surface area (Å²) in [6.45, 7) is 0. The number of nitro benzene ring substituents is 1. The number of nitrogens with zero attached hydrogens (tertiary/aromatic N) is 5. The number of benzene rings is 2. The Bertz CT molecular complexity index is 871. The van der Waals surface area contributed by atoms with E-state index in [9.17, 15) is 14.5 Å². The quantitative estimate of drug-likeness (QED) is 0.528. The monoisotopic (exact) mass is 351 g/mol. The van der Waals surface area contributed by atoms with Crippen LogP contribution < -0.4 is 0 Å². The van der Waals surface area contributed by atoms with Gasteiger partial charge in [0.1, 0.15) is 5.82 Å². The summed E-state index contributed by atoms with van der Waals surface area (Å²) in [5.41, 5.74) is 0.298. The third kappa shape index (κ3) is 3.30. The van der Waals surface area contributed by atoms with Gasteiger partial charge in [0, 0.05) is 5.02 Å². The van der Waals surface area contributed by atoms with Crippen LogP contribution in [0.2, 0.25) is 5.02 Å². The molecule has 0 saturated carbocycles. The summed E-state index contributed by atoms with van der Waals surface area (Å²) in [5.74, 6) is -0.682. The van der Waals surface area contributed by atoms with Crippen LogP contribution >= 0.6 is 23.4 Å². The van der Waals surface area contributed by atoms with Gasteiger partial charge in [-0.3, -0.25) is 10.1 Å². The van der Waals surface area contributed by atoms with E-state index in [1.165, 1.54) is 10.7 Å². The van der Waals surface area contributed by atoms with Gasteiger partial charge < -0.3 is 0 Å². The van der Waals surface area contributed by atoms with Gasteiger partial charge in [0.15, 0.2) is 0 Å². The zero-order valence-electron chi connectivity index (χ0n) is 11.3. The Labute approximate surface area is 138 Å². The molecule has 0 fully saturated rings. The van der Waals surface area contributed by atoms with Crippen LogP contribution in [0.25, 0.3) is 5.69 Å². The van der Waals surface area contributed by atoms with Gasteiger partial charge in [-0.2, -0.15) is 4.68 Å². The molecule has 0 aliphatic rings. The molecule has 116 valence electrons. The highest BCUT2D eigenvalue weighted by Gasteiger charge is 2.19. The first-order valence-corrected chi connectivity index (χ1v) is 7.40. The van der Waals surface area contributed by atoms with Crippen molar-refractivity contribution in [1.29, 1.82) is 0 Å². The Hall–Kier alpha value is -2.52. The van der Waals surface area contributed by atoms with Crippen LogP contribution in [-0.4, -0.2) is 25.1 Å². The van der Waals surface area contributed by atoms with E-state index in [1.54, 1.807) is 24.3 Å². The van der Waals surface area contributed by atoms with Crippen molar-refractivity contribution >= 4 is 29.1 Å². The largest absolute Gasteiger partial charge is 0.286 e. The molecule has 0 unspecified atom stereocenters. The minimum absolute atomic E-state index is 0.237. The van der Waals surface area contributed by atoms with E-state index >= 15 is 0 Å². The van der Waals surface area contributed by atoms with E-state index in [0.717, 1.165) is 23.9 Å². The molecular weight excluding hydrogens is 345 g/mol. The van der Waals surface area contributed by atoms with Crippen LogP contribution in [0.15, 0.2) is 52.5 Å². The highest BCUT2D eigenvalue weighted by molar-refractivity contribution is 7.99. The van der Waals surface area contributed by atoms with E-state index in [4.69, 9.17) is 11.6 Å². The van der Waals surface area contributed by atoms with Crippen molar-refractivity contribution in [2.45, 2.75) is 10.1 Å². The van der Waals surface area contributed by atoms with Crippen LogP contribution in [0.4, 0.5) is 10.1 Å². The first-order valence-electron chi connectivity index (χ1n) is 6.21. The second-order valence-electron chi connectivity index (χ2n) is 4.32. The normalized spacial score (nSPS) is 10.7. The molecule has 3 rings (SSSR count). The highest BCUT2D eigenvalue weighted by atomic mass is 35.5. The van der Waals surface area contributed by atoms with E-state index < -0.39 is 10.7 Å². The molecule has 0 saturated heterocycles. The Morgan fingerprint density at radius 2 is 1.96 bits per heavy atom. The van der Waals surface area contributed by atoms with Crippen molar-refractivity contribution in [2.24, 2.45) is 0 Å². The third-order valence-electron chi connectivity index (χ3n) is 2.83. The maximum absolute atomic E-state index is 13.2. The zero-order chi connectivity index (χ0) is 16.4. The Kier molecular flexibility index (Phi) is 4.22. The minimum atomic E-state index is -0.682. The van der Waals surface area contributed by atoms with Crippen LogP contribution in [0.3, 0.4) is 0 Å². The molecule has 23 heavy (non-hydrogen) atoms. The smallest absolute Gasteiger partial charge is 0.258 e. The lowest BCUT2D eigenvalue weighted by Gasteiger charge is -2.05. The lowest BCUT2D eigenvalue weighted by Crippen LogP contribution is -1.99. The van der Waals surface area contributed by atoms with Crippen LogP contribution in [0, 0.1) is 15.9 Å². The van der Waals surface area contributed by atoms with Gasteiger partial charge in [-0.25, -0.2) is 4.39 Å². The van der Waals surface area contributed by atoms with Gasteiger partial charge in [-0.1, -0.05) is 11.6 Å². The van der Waals surface area contributed by atoms with Gasteiger partial charge >= 0.3 is 0 Å². The van der Waals surface area contributed by atoms with E-state index in [0.29, 0.717) is 15.9 Å². The minimum Gasteiger partial charge on any atom is -0.258 e. The number of nitro groups is 1.